The van der Waals surface area contributed by atoms with Crippen molar-refractivity contribution in [1.82, 2.24) is 25.0 Å². The van der Waals surface area contributed by atoms with Crippen molar-refractivity contribution < 1.29 is 14.7 Å². The summed E-state index contributed by atoms with van der Waals surface area (Å²) in [5.41, 5.74) is 0.246. The number of hydrogen-bond donors (Lipinski definition) is 2. The number of aromatic nitrogens is 1. The van der Waals surface area contributed by atoms with Crippen molar-refractivity contribution in [2.75, 3.05) is 32.7 Å². The number of nitrogens with one attached hydrogen (secondary N) is 1. The van der Waals surface area contributed by atoms with E-state index in [2.05, 4.69) is 20.1 Å². The van der Waals surface area contributed by atoms with Crippen molar-refractivity contribution in [3.8, 4) is 0 Å². The van der Waals surface area contributed by atoms with Crippen LogP contribution in [0.25, 0.3) is 5.57 Å². The van der Waals surface area contributed by atoms with Gasteiger partial charge in [-0.3, -0.25) is 19.5 Å². The van der Waals surface area contributed by atoms with E-state index in [4.69, 9.17) is 11.6 Å². The molecule has 1 spiro atoms. The van der Waals surface area contributed by atoms with Gasteiger partial charge in [0, 0.05) is 62.9 Å². The summed E-state index contributed by atoms with van der Waals surface area (Å²) in [6.45, 7) is 7.26. The number of likely N-dealkylation sites (tertiary alicyclic amines) is 2. The zero-order valence-corrected chi connectivity index (χ0v) is 23.3. The van der Waals surface area contributed by atoms with Crippen molar-refractivity contribution in [1.29, 1.82) is 0 Å². The van der Waals surface area contributed by atoms with Gasteiger partial charge in [-0.25, -0.2) is 0 Å². The number of pyridine rings is 1. The summed E-state index contributed by atoms with van der Waals surface area (Å²) >= 11 is 6.18. The molecule has 5 rings (SSSR count). The summed E-state index contributed by atoms with van der Waals surface area (Å²) in [7, 11) is 0. The number of likely N-dealkylation sites (N-methyl/N-ethyl adjacent to an activating group) is 1. The fraction of sp³-hybridized carbons (Fsp3) is 0.621. The van der Waals surface area contributed by atoms with Crippen LogP contribution in [0, 0.1) is 5.41 Å². The number of halogens is 1. The number of carbonyl (C=O) groups is 2. The molecule has 2 amide bonds. The maximum Gasteiger partial charge on any atom is 0.267 e. The molecule has 4 aliphatic rings. The third-order valence-corrected chi connectivity index (χ3v) is 9.30. The lowest BCUT2D eigenvalue weighted by atomic mass is 9.77. The molecule has 2 atom stereocenters. The Hall–Kier alpha value is -2.42. The highest BCUT2D eigenvalue weighted by Gasteiger charge is 2.55. The molecular formula is C29H40ClN5O3. The Kier molecular flexibility index (Phi) is 7.85. The molecule has 8 nitrogen and oxygen atoms in total. The molecule has 38 heavy (non-hydrogen) atoms. The van der Waals surface area contributed by atoms with E-state index in [0.29, 0.717) is 24.7 Å². The summed E-state index contributed by atoms with van der Waals surface area (Å²) in [5, 5.41) is 14.0. The molecule has 2 unspecified atom stereocenters. The minimum atomic E-state index is -1.06. The number of rotatable bonds is 6. The normalized spacial score (nSPS) is 31.8. The molecule has 0 radical (unpaired) electrons. The molecule has 2 N–H and O–H groups in total. The Balaban J connectivity index is 1.41. The quantitative estimate of drug-likeness (QED) is 0.574. The molecule has 3 aliphatic heterocycles. The first-order valence-electron chi connectivity index (χ1n) is 14.1. The smallest absolute Gasteiger partial charge is 0.267 e. The van der Waals surface area contributed by atoms with E-state index in [1.54, 1.807) is 12.4 Å². The molecule has 1 saturated carbocycles. The number of hydrogen-bond acceptors (Lipinski definition) is 6. The van der Waals surface area contributed by atoms with Gasteiger partial charge in [0.2, 0.25) is 5.91 Å². The number of dihydropyridines is 1. The van der Waals surface area contributed by atoms with E-state index >= 15 is 0 Å². The van der Waals surface area contributed by atoms with Gasteiger partial charge in [-0.15, -0.1) is 0 Å². The second-order valence-electron chi connectivity index (χ2n) is 11.2. The highest BCUT2D eigenvalue weighted by molar-refractivity contribution is 6.30. The van der Waals surface area contributed by atoms with Crippen molar-refractivity contribution in [2.45, 2.75) is 76.6 Å². The van der Waals surface area contributed by atoms with E-state index in [1.165, 1.54) is 0 Å². The summed E-state index contributed by atoms with van der Waals surface area (Å²) < 4.78 is 0. The van der Waals surface area contributed by atoms with E-state index in [-0.39, 0.29) is 24.0 Å². The molecular weight excluding hydrogens is 502 g/mol. The van der Waals surface area contributed by atoms with Crippen LogP contribution in [0.4, 0.5) is 0 Å². The van der Waals surface area contributed by atoms with Crippen LogP contribution in [-0.4, -0.2) is 87.1 Å². The van der Waals surface area contributed by atoms with Crippen LogP contribution in [0.1, 0.15) is 64.4 Å². The Morgan fingerprint density at radius 1 is 1.18 bits per heavy atom. The van der Waals surface area contributed by atoms with E-state index < -0.39 is 11.1 Å². The molecule has 9 heteroatoms. The third kappa shape index (κ3) is 4.87. The van der Waals surface area contributed by atoms with Gasteiger partial charge in [-0.05, 0) is 76.5 Å². The lowest BCUT2D eigenvalue weighted by molar-refractivity contribution is -0.151. The monoisotopic (exact) mass is 541 g/mol. The second kappa shape index (κ2) is 11.0. The number of carbonyl (C=O) groups excluding carboxylic acids is 2. The van der Waals surface area contributed by atoms with Crippen molar-refractivity contribution >= 4 is 29.0 Å². The number of aliphatic hydroxyl groups excluding tert-OH is 1. The first-order chi connectivity index (χ1) is 18.3. The minimum Gasteiger partial charge on any atom is -0.393 e. The van der Waals surface area contributed by atoms with Crippen LogP contribution in [0.15, 0.2) is 36.8 Å². The average Bonchev–Trinajstić information content (AvgIpc) is 3.24. The summed E-state index contributed by atoms with van der Waals surface area (Å²) in [4.78, 5) is 38.4. The summed E-state index contributed by atoms with van der Waals surface area (Å²) in [6.07, 6.45) is 14.7. The highest BCUT2D eigenvalue weighted by atomic mass is 35.5. The maximum atomic E-state index is 14.1. The third-order valence-electron chi connectivity index (χ3n) is 9.10. The highest BCUT2D eigenvalue weighted by Crippen LogP contribution is 2.44. The van der Waals surface area contributed by atoms with Crippen molar-refractivity contribution in [2.24, 2.45) is 5.41 Å². The van der Waals surface area contributed by atoms with Crippen LogP contribution in [-0.2, 0) is 9.59 Å². The molecule has 0 bridgehead atoms. The Morgan fingerprint density at radius 3 is 2.61 bits per heavy atom. The Bertz CT molecular complexity index is 1110. The molecule has 1 aliphatic carbocycles. The van der Waals surface area contributed by atoms with Crippen LogP contribution >= 0.6 is 11.6 Å². The minimum absolute atomic E-state index is 0.00103. The largest absolute Gasteiger partial charge is 0.393 e. The lowest BCUT2D eigenvalue weighted by Gasteiger charge is -2.50. The number of nitrogens with zero attached hydrogens (tertiary/aromatic N) is 4. The van der Waals surface area contributed by atoms with Crippen LogP contribution in [0.2, 0.25) is 5.02 Å². The van der Waals surface area contributed by atoms with Gasteiger partial charge < -0.3 is 20.2 Å². The zero-order chi connectivity index (χ0) is 26.9. The first kappa shape index (κ1) is 27.2. The van der Waals surface area contributed by atoms with Crippen molar-refractivity contribution in [3.63, 3.8) is 0 Å². The molecule has 0 aromatic carbocycles. The van der Waals surface area contributed by atoms with E-state index in [0.717, 1.165) is 69.2 Å². The fourth-order valence-electron chi connectivity index (χ4n) is 6.84. The molecule has 206 valence electrons. The standard InChI is InChI=1S/C29H40ClN5O3/c1-3-33(4-2)27(38)29(12-10-21(18-32-29)22-16-23(30)19-31-17-22)34-14-5-11-28(20-34)13-15-35(26(28)37)24-6-8-25(36)9-7-24/h10,12,16-19,24-25,32,36H,3-9,11,13-15,20H2,1-2H3/t24-,25+,28?,29?. The zero-order valence-electron chi connectivity index (χ0n) is 22.5. The first-order valence-corrected chi connectivity index (χ1v) is 14.5. The predicted molar refractivity (Wildman–Crippen MR) is 148 cm³/mol. The fourth-order valence-corrected chi connectivity index (χ4v) is 7.01. The Morgan fingerprint density at radius 2 is 1.95 bits per heavy atom. The van der Waals surface area contributed by atoms with Crippen LogP contribution < -0.4 is 5.32 Å². The lowest BCUT2D eigenvalue weighted by Crippen LogP contribution is -2.69. The maximum absolute atomic E-state index is 14.1. The van der Waals surface area contributed by atoms with Crippen LogP contribution in [0.3, 0.4) is 0 Å². The predicted octanol–water partition coefficient (Wildman–Crippen LogP) is 3.42. The Labute approximate surface area is 230 Å². The SMILES string of the molecule is CCN(CC)C(=O)C1(N2CCCC3(CCN([C@H]4CC[C@@H](O)CC4)C3=O)C2)C=CC(c2cncc(Cl)c2)=CN1. The molecule has 1 aromatic rings. The molecule has 1 aromatic heterocycles. The topological polar surface area (TPSA) is 89.0 Å². The average molecular weight is 542 g/mol. The second-order valence-corrected chi connectivity index (χ2v) is 11.7. The number of piperidine rings is 1. The molecule has 3 fully saturated rings. The van der Waals surface area contributed by atoms with Gasteiger partial charge in [0.15, 0.2) is 5.66 Å². The number of amides is 2. The summed E-state index contributed by atoms with van der Waals surface area (Å²) in [6, 6.07) is 2.08. The van der Waals surface area contributed by atoms with Gasteiger partial charge in [0.25, 0.3) is 5.91 Å². The van der Waals surface area contributed by atoms with Gasteiger partial charge in [0.1, 0.15) is 0 Å². The van der Waals surface area contributed by atoms with Gasteiger partial charge in [0.05, 0.1) is 16.5 Å². The number of aliphatic hydroxyl groups is 1. The molecule has 4 heterocycles. The molecule has 2 saturated heterocycles. The van der Waals surface area contributed by atoms with Gasteiger partial charge >= 0.3 is 0 Å². The van der Waals surface area contributed by atoms with E-state index in [9.17, 15) is 14.7 Å². The van der Waals surface area contributed by atoms with Crippen molar-refractivity contribution in [3.05, 3.63) is 47.4 Å². The van der Waals surface area contributed by atoms with Crippen LogP contribution in [0.5, 0.6) is 0 Å². The number of allylic oxidation sites excluding steroid dienone is 2. The van der Waals surface area contributed by atoms with Gasteiger partial charge in [-0.2, -0.15) is 0 Å². The van der Waals surface area contributed by atoms with E-state index in [1.807, 2.05) is 43.2 Å². The summed E-state index contributed by atoms with van der Waals surface area (Å²) in [5.74, 6) is 0.230. The van der Waals surface area contributed by atoms with Gasteiger partial charge in [-0.1, -0.05) is 17.7 Å².